The standard InChI is InChI=1S/C8H6N3O4S/c1-4(7(13)14)15-11-5(2-12)6-3-16-8(9)10-6/h3H,1H2,(H2,9,10)(H,13,14). The van der Waals surface area contributed by atoms with Gasteiger partial charge in [0.25, 0.3) is 6.29 Å². The molecule has 7 nitrogen and oxygen atoms in total. The van der Waals surface area contributed by atoms with Crippen LogP contribution in [0.15, 0.2) is 22.9 Å². The van der Waals surface area contributed by atoms with Gasteiger partial charge in [-0.1, -0.05) is 5.16 Å². The Labute approximate surface area is 93.8 Å². The Hall–Kier alpha value is -2.22. The summed E-state index contributed by atoms with van der Waals surface area (Å²) in [7, 11) is 0. The van der Waals surface area contributed by atoms with Crippen molar-refractivity contribution in [3.8, 4) is 0 Å². The molecule has 16 heavy (non-hydrogen) atoms. The first kappa shape index (κ1) is 11.9. The lowest BCUT2D eigenvalue weighted by molar-refractivity contribution is -0.136. The first-order valence-corrected chi connectivity index (χ1v) is 4.69. The van der Waals surface area contributed by atoms with E-state index in [2.05, 4.69) is 21.6 Å². The van der Waals surface area contributed by atoms with E-state index in [4.69, 9.17) is 10.8 Å². The van der Waals surface area contributed by atoms with E-state index in [-0.39, 0.29) is 16.5 Å². The molecule has 3 N–H and O–H groups in total. The van der Waals surface area contributed by atoms with E-state index < -0.39 is 11.7 Å². The first-order valence-electron chi connectivity index (χ1n) is 3.81. The monoisotopic (exact) mass is 240 g/mol. The van der Waals surface area contributed by atoms with Crippen LogP contribution in [0.2, 0.25) is 0 Å². The molecule has 0 unspecified atom stereocenters. The highest BCUT2D eigenvalue weighted by Gasteiger charge is 2.11. The Morgan fingerprint density at radius 3 is 2.88 bits per heavy atom. The van der Waals surface area contributed by atoms with Crippen molar-refractivity contribution in [1.82, 2.24) is 4.98 Å². The molecular weight excluding hydrogens is 234 g/mol. The second-order valence-electron chi connectivity index (χ2n) is 2.43. The smallest absolute Gasteiger partial charge is 0.374 e. The topological polar surface area (TPSA) is 115 Å². The zero-order valence-corrected chi connectivity index (χ0v) is 8.65. The maximum absolute atomic E-state index is 10.5. The Bertz CT molecular complexity index is 466. The van der Waals surface area contributed by atoms with E-state index >= 15 is 0 Å². The predicted molar refractivity (Wildman–Crippen MR) is 56.6 cm³/mol. The molecular formula is C8H6N3O4S. The third-order valence-electron chi connectivity index (χ3n) is 1.35. The summed E-state index contributed by atoms with van der Waals surface area (Å²) in [5.74, 6) is -2.00. The molecule has 0 aliphatic heterocycles. The molecule has 0 saturated heterocycles. The fourth-order valence-electron chi connectivity index (χ4n) is 0.654. The SMILES string of the molecule is C=C(ON=C([C]=O)c1csc(N)n1)C(=O)O. The largest absolute Gasteiger partial charge is 0.475 e. The lowest BCUT2D eigenvalue weighted by Gasteiger charge is -1.96. The molecule has 0 spiro atoms. The highest BCUT2D eigenvalue weighted by molar-refractivity contribution is 7.13. The molecule has 1 heterocycles. The maximum atomic E-state index is 10.5. The maximum Gasteiger partial charge on any atom is 0.374 e. The van der Waals surface area contributed by atoms with Crippen molar-refractivity contribution < 1.29 is 19.5 Å². The summed E-state index contributed by atoms with van der Waals surface area (Å²) in [5.41, 5.74) is 5.23. The van der Waals surface area contributed by atoms with Crippen molar-refractivity contribution in [2.45, 2.75) is 0 Å². The van der Waals surface area contributed by atoms with Crippen LogP contribution in [-0.4, -0.2) is 28.1 Å². The zero-order chi connectivity index (χ0) is 12.1. The number of thiazole rings is 1. The number of carbonyl (C=O) groups is 1. The Morgan fingerprint density at radius 1 is 1.75 bits per heavy atom. The molecule has 0 amide bonds. The number of aromatic nitrogens is 1. The third-order valence-corrected chi connectivity index (χ3v) is 2.02. The van der Waals surface area contributed by atoms with Gasteiger partial charge in [-0.25, -0.2) is 9.78 Å². The minimum absolute atomic E-state index is 0.163. The van der Waals surface area contributed by atoms with Crippen LogP contribution in [0.3, 0.4) is 0 Å². The minimum atomic E-state index is -1.38. The molecule has 8 heteroatoms. The van der Waals surface area contributed by atoms with E-state index in [9.17, 15) is 9.59 Å². The molecule has 1 aromatic heterocycles. The summed E-state index contributed by atoms with van der Waals surface area (Å²) < 4.78 is 0. The second kappa shape index (κ2) is 5.03. The number of nitrogen functional groups attached to an aromatic ring is 1. The van der Waals surface area contributed by atoms with Crippen molar-refractivity contribution in [1.29, 1.82) is 0 Å². The zero-order valence-electron chi connectivity index (χ0n) is 7.84. The van der Waals surface area contributed by atoms with E-state index in [0.717, 1.165) is 11.3 Å². The van der Waals surface area contributed by atoms with Crippen LogP contribution >= 0.6 is 11.3 Å². The molecule has 1 aromatic rings. The number of carbonyl (C=O) groups excluding carboxylic acids is 1. The highest BCUT2D eigenvalue weighted by Crippen LogP contribution is 2.11. The molecule has 0 aromatic carbocycles. The fourth-order valence-corrected chi connectivity index (χ4v) is 1.20. The van der Waals surface area contributed by atoms with E-state index in [1.54, 1.807) is 0 Å². The summed E-state index contributed by atoms with van der Waals surface area (Å²) in [6, 6.07) is 0. The van der Waals surface area contributed by atoms with Gasteiger partial charge in [0.15, 0.2) is 10.8 Å². The molecule has 83 valence electrons. The van der Waals surface area contributed by atoms with E-state index in [1.807, 2.05) is 0 Å². The average Bonchev–Trinajstić information content (AvgIpc) is 2.65. The highest BCUT2D eigenvalue weighted by atomic mass is 32.1. The Balaban J connectivity index is 2.83. The molecule has 0 saturated carbocycles. The van der Waals surface area contributed by atoms with Crippen LogP contribution < -0.4 is 5.73 Å². The van der Waals surface area contributed by atoms with Crippen LogP contribution in [0, 0.1) is 0 Å². The van der Waals surface area contributed by atoms with Crippen LogP contribution in [0.1, 0.15) is 5.69 Å². The van der Waals surface area contributed by atoms with Gasteiger partial charge < -0.3 is 15.7 Å². The number of carboxylic acids is 1. The summed E-state index contributed by atoms with van der Waals surface area (Å²) in [6.07, 6.45) is 1.46. The van der Waals surface area contributed by atoms with Gasteiger partial charge in [-0.3, -0.25) is 4.79 Å². The lowest BCUT2D eigenvalue weighted by atomic mass is 10.3. The molecule has 1 rings (SSSR count). The van der Waals surface area contributed by atoms with Gasteiger partial charge >= 0.3 is 5.97 Å². The summed E-state index contributed by atoms with van der Waals surface area (Å²) in [6.45, 7) is 3.06. The normalized spacial score (nSPS) is 10.9. The van der Waals surface area contributed by atoms with Crippen LogP contribution in [0.5, 0.6) is 0 Å². The number of aliphatic carboxylic acids is 1. The number of hydrogen-bond acceptors (Lipinski definition) is 7. The van der Waals surface area contributed by atoms with Gasteiger partial charge in [0, 0.05) is 5.38 Å². The lowest BCUT2D eigenvalue weighted by Crippen LogP contribution is -2.06. The van der Waals surface area contributed by atoms with Gasteiger partial charge in [-0.15, -0.1) is 11.3 Å². The van der Waals surface area contributed by atoms with E-state index in [1.165, 1.54) is 11.7 Å². The van der Waals surface area contributed by atoms with Crippen molar-refractivity contribution in [2.75, 3.05) is 5.73 Å². The Morgan fingerprint density at radius 2 is 2.44 bits per heavy atom. The van der Waals surface area contributed by atoms with Gasteiger partial charge in [0.1, 0.15) is 5.69 Å². The summed E-state index contributed by atoms with van der Waals surface area (Å²) >= 11 is 1.10. The number of rotatable bonds is 5. The van der Waals surface area contributed by atoms with Crippen LogP contribution in [0.4, 0.5) is 5.13 Å². The number of nitrogens with two attached hydrogens (primary N) is 1. The molecule has 0 aliphatic rings. The number of carboxylic acid groups (broad SMARTS) is 1. The molecule has 0 fully saturated rings. The van der Waals surface area contributed by atoms with Gasteiger partial charge in [0.05, 0.1) is 0 Å². The average molecular weight is 240 g/mol. The van der Waals surface area contributed by atoms with Crippen LogP contribution in [-0.2, 0) is 14.4 Å². The summed E-state index contributed by atoms with van der Waals surface area (Å²) in [5, 5.41) is 13.4. The van der Waals surface area contributed by atoms with Crippen molar-refractivity contribution in [3.63, 3.8) is 0 Å². The minimum Gasteiger partial charge on any atom is -0.475 e. The Kier molecular flexibility index (Phi) is 3.72. The first-order chi connectivity index (χ1) is 7.54. The number of anilines is 1. The van der Waals surface area contributed by atoms with E-state index in [0.29, 0.717) is 0 Å². The van der Waals surface area contributed by atoms with Gasteiger partial charge in [0.2, 0.25) is 5.76 Å². The molecule has 0 bridgehead atoms. The number of hydrogen-bond donors (Lipinski definition) is 2. The molecule has 0 atom stereocenters. The van der Waals surface area contributed by atoms with Gasteiger partial charge in [-0.05, 0) is 6.58 Å². The molecule has 1 radical (unpaired) electrons. The number of nitrogens with zero attached hydrogens (tertiary/aromatic N) is 2. The van der Waals surface area contributed by atoms with Gasteiger partial charge in [-0.2, -0.15) is 0 Å². The predicted octanol–water partition coefficient (Wildman–Crippen LogP) is 0.154. The third kappa shape index (κ3) is 2.89. The fraction of sp³-hybridized carbons (Fsp3) is 0. The second-order valence-corrected chi connectivity index (χ2v) is 3.32. The summed E-state index contributed by atoms with van der Waals surface area (Å²) in [4.78, 5) is 28.9. The quantitative estimate of drug-likeness (QED) is 0.327. The number of oxime groups is 1. The van der Waals surface area contributed by atoms with Crippen molar-refractivity contribution in [3.05, 3.63) is 23.4 Å². The van der Waals surface area contributed by atoms with Crippen molar-refractivity contribution in [2.24, 2.45) is 5.16 Å². The van der Waals surface area contributed by atoms with Crippen LogP contribution in [0.25, 0.3) is 0 Å². The molecule has 0 aliphatic carbocycles. The van der Waals surface area contributed by atoms with Crippen molar-refractivity contribution >= 4 is 34.4 Å².